The van der Waals surface area contributed by atoms with Gasteiger partial charge in [-0.15, -0.1) is 5.10 Å². The van der Waals surface area contributed by atoms with Crippen LogP contribution in [0.1, 0.15) is 29.9 Å². The van der Waals surface area contributed by atoms with Gasteiger partial charge in [0.05, 0.1) is 23.2 Å². The monoisotopic (exact) mass is 348 g/mol. The molecule has 0 unspecified atom stereocenters. The van der Waals surface area contributed by atoms with Crippen molar-refractivity contribution in [1.29, 1.82) is 0 Å². The van der Waals surface area contributed by atoms with E-state index in [1.807, 2.05) is 30.3 Å². The zero-order valence-corrected chi connectivity index (χ0v) is 14.5. The summed E-state index contributed by atoms with van der Waals surface area (Å²) < 4.78 is 24.8. The molecule has 1 aromatic carbocycles. The fraction of sp³-hybridized carbons (Fsp3) is 0.438. The van der Waals surface area contributed by atoms with Crippen molar-refractivity contribution in [2.24, 2.45) is 0 Å². The van der Waals surface area contributed by atoms with Gasteiger partial charge in [0, 0.05) is 13.1 Å². The van der Waals surface area contributed by atoms with Crippen LogP contribution in [-0.2, 0) is 16.4 Å². The van der Waals surface area contributed by atoms with Gasteiger partial charge in [-0.25, -0.2) is 13.1 Å². The van der Waals surface area contributed by atoms with Crippen molar-refractivity contribution in [3.05, 3.63) is 47.8 Å². The van der Waals surface area contributed by atoms with Gasteiger partial charge in [-0.1, -0.05) is 35.5 Å². The molecule has 3 rings (SSSR count). The minimum atomic E-state index is -3.18. The Labute approximate surface area is 141 Å². The molecule has 0 radical (unpaired) electrons. The third-order valence-electron chi connectivity index (χ3n) is 4.28. The molecule has 1 aromatic heterocycles. The van der Waals surface area contributed by atoms with Gasteiger partial charge in [-0.05, 0) is 19.4 Å². The first-order chi connectivity index (χ1) is 11.3. The maximum Gasteiger partial charge on any atom is 0.276 e. The molecule has 7 nitrogen and oxygen atoms in total. The highest BCUT2D eigenvalue weighted by Crippen LogP contribution is 2.24. The van der Waals surface area contributed by atoms with Crippen LogP contribution in [0, 0.1) is 0 Å². The number of amides is 1. The van der Waals surface area contributed by atoms with E-state index in [1.54, 1.807) is 24.7 Å². The second-order valence-electron chi connectivity index (χ2n) is 6.59. The van der Waals surface area contributed by atoms with Crippen LogP contribution < -0.4 is 0 Å². The van der Waals surface area contributed by atoms with Gasteiger partial charge < -0.3 is 4.90 Å². The highest BCUT2D eigenvalue weighted by atomic mass is 32.2. The highest BCUT2D eigenvalue weighted by Gasteiger charge is 2.42. The van der Waals surface area contributed by atoms with E-state index in [9.17, 15) is 13.2 Å². The average Bonchev–Trinajstić information content (AvgIpc) is 2.99. The molecular weight excluding hydrogens is 328 g/mol. The first-order valence-corrected chi connectivity index (χ1v) is 9.39. The SMILES string of the molecule is CC1(C)CN(C(=O)c2cn(Cc3ccccc3)nn2)CCS1(=O)=O. The van der Waals surface area contributed by atoms with Crippen LogP contribution in [0.3, 0.4) is 0 Å². The fourth-order valence-corrected chi connectivity index (χ4v) is 4.09. The second-order valence-corrected chi connectivity index (χ2v) is 9.34. The smallest absolute Gasteiger partial charge is 0.276 e. The number of rotatable bonds is 3. The van der Waals surface area contributed by atoms with Crippen LogP contribution in [0.25, 0.3) is 0 Å². The molecule has 2 aromatic rings. The molecule has 1 saturated heterocycles. The van der Waals surface area contributed by atoms with Crippen LogP contribution in [0.4, 0.5) is 0 Å². The van der Waals surface area contributed by atoms with Gasteiger partial charge >= 0.3 is 0 Å². The van der Waals surface area contributed by atoms with Crippen molar-refractivity contribution in [3.8, 4) is 0 Å². The van der Waals surface area contributed by atoms with Crippen LogP contribution >= 0.6 is 0 Å². The van der Waals surface area contributed by atoms with E-state index in [-0.39, 0.29) is 30.4 Å². The largest absolute Gasteiger partial charge is 0.335 e. The van der Waals surface area contributed by atoms with E-state index < -0.39 is 14.6 Å². The van der Waals surface area contributed by atoms with Crippen molar-refractivity contribution in [2.45, 2.75) is 25.1 Å². The maximum atomic E-state index is 12.6. The lowest BCUT2D eigenvalue weighted by Crippen LogP contribution is -2.54. The Kier molecular flexibility index (Phi) is 4.16. The number of nitrogens with zero attached hydrogens (tertiary/aromatic N) is 4. The van der Waals surface area contributed by atoms with Crippen LogP contribution in [-0.4, -0.2) is 57.8 Å². The van der Waals surface area contributed by atoms with E-state index in [0.29, 0.717) is 6.54 Å². The summed E-state index contributed by atoms with van der Waals surface area (Å²) >= 11 is 0. The Morgan fingerprint density at radius 3 is 2.62 bits per heavy atom. The van der Waals surface area contributed by atoms with Gasteiger partial charge in [0.15, 0.2) is 15.5 Å². The van der Waals surface area contributed by atoms with Gasteiger partial charge in [0.25, 0.3) is 5.91 Å². The molecule has 1 fully saturated rings. The lowest BCUT2D eigenvalue weighted by atomic mass is 10.2. The lowest BCUT2D eigenvalue weighted by Gasteiger charge is -2.37. The predicted octanol–water partition coefficient (Wildman–Crippen LogP) is 0.976. The van der Waals surface area contributed by atoms with Crippen molar-refractivity contribution >= 4 is 15.7 Å². The van der Waals surface area contributed by atoms with Gasteiger partial charge in [0.1, 0.15) is 0 Å². The number of carbonyl (C=O) groups is 1. The normalized spacial score (nSPS) is 19.2. The van der Waals surface area contributed by atoms with Gasteiger partial charge in [-0.3, -0.25) is 4.79 Å². The van der Waals surface area contributed by atoms with Crippen LogP contribution in [0.2, 0.25) is 0 Å². The summed E-state index contributed by atoms with van der Waals surface area (Å²) in [5, 5.41) is 7.94. The Bertz CT molecular complexity index is 843. The number of hydrogen-bond acceptors (Lipinski definition) is 5. The van der Waals surface area contributed by atoms with E-state index >= 15 is 0 Å². The van der Waals surface area contributed by atoms with Crippen molar-refractivity contribution < 1.29 is 13.2 Å². The zero-order chi connectivity index (χ0) is 17.4. The second kappa shape index (κ2) is 6.01. The van der Waals surface area contributed by atoms with Crippen molar-refractivity contribution in [1.82, 2.24) is 19.9 Å². The fourth-order valence-electron chi connectivity index (χ4n) is 2.72. The Balaban J connectivity index is 1.72. The molecule has 128 valence electrons. The maximum absolute atomic E-state index is 12.6. The summed E-state index contributed by atoms with van der Waals surface area (Å²) in [6, 6.07) is 9.76. The topological polar surface area (TPSA) is 85.2 Å². The molecular formula is C16H20N4O3S. The predicted molar refractivity (Wildman–Crippen MR) is 89.3 cm³/mol. The van der Waals surface area contributed by atoms with E-state index in [4.69, 9.17) is 0 Å². The van der Waals surface area contributed by atoms with Crippen molar-refractivity contribution in [3.63, 3.8) is 0 Å². The summed E-state index contributed by atoms with van der Waals surface area (Å²) in [4.78, 5) is 14.1. The molecule has 2 heterocycles. The molecule has 1 aliphatic rings. The quantitative estimate of drug-likeness (QED) is 0.825. The molecule has 1 aliphatic heterocycles. The lowest BCUT2D eigenvalue weighted by molar-refractivity contribution is 0.0737. The molecule has 24 heavy (non-hydrogen) atoms. The third-order valence-corrected chi connectivity index (χ3v) is 6.81. The third kappa shape index (κ3) is 3.19. The Hall–Kier alpha value is -2.22. The Morgan fingerprint density at radius 1 is 1.25 bits per heavy atom. The van der Waals surface area contributed by atoms with E-state index in [0.717, 1.165) is 5.56 Å². The van der Waals surface area contributed by atoms with Crippen LogP contribution in [0.5, 0.6) is 0 Å². The van der Waals surface area contributed by atoms with E-state index in [1.165, 1.54) is 4.90 Å². The van der Waals surface area contributed by atoms with Gasteiger partial charge in [0.2, 0.25) is 0 Å². The summed E-state index contributed by atoms with van der Waals surface area (Å²) in [5.74, 6) is -0.304. The van der Waals surface area contributed by atoms with E-state index in [2.05, 4.69) is 10.3 Å². The molecule has 1 amide bonds. The minimum Gasteiger partial charge on any atom is -0.335 e. The molecule has 0 N–H and O–H groups in total. The molecule has 8 heteroatoms. The molecule has 0 saturated carbocycles. The summed E-state index contributed by atoms with van der Waals surface area (Å²) in [5.41, 5.74) is 1.30. The number of carbonyl (C=O) groups excluding carboxylic acids is 1. The number of sulfone groups is 1. The summed E-state index contributed by atoms with van der Waals surface area (Å²) in [6.07, 6.45) is 1.60. The first-order valence-electron chi connectivity index (χ1n) is 7.74. The average molecular weight is 348 g/mol. The number of hydrogen-bond donors (Lipinski definition) is 0. The molecule has 0 atom stereocenters. The first kappa shape index (κ1) is 16.6. The summed E-state index contributed by atoms with van der Waals surface area (Å²) in [7, 11) is -3.18. The standard InChI is InChI=1S/C16H20N4O3S/c1-16(2)12-19(8-9-24(16,22)23)15(21)14-11-20(18-17-14)10-13-6-4-3-5-7-13/h3-7,11H,8-10,12H2,1-2H3. The van der Waals surface area contributed by atoms with Gasteiger partial charge in [-0.2, -0.15) is 0 Å². The van der Waals surface area contributed by atoms with Crippen LogP contribution in [0.15, 0.2) is 36.5 Å². The molecule has 0 spiro atoms. The number of benzene rings is 1. The minimum absolute atomic E-state index is 0.0239. The Morgan fingerprint density at radius 2 is 1.96 bits per heavy atom. The highest BCUT2D eigenvalue weighted by molar-refractivity contribution is 7.92. The zero-order valence-electron chi connectivity index (χ0n) is 13.7. The van der Waals surface area contributed by atoms with Crippen molar-refractivity contribution in [2.75, 3.05) is 18.8 Å². The molecule has 0 aliphatic carbocycles. The number of aromatic nitrogens is 3. The molecule has 0 bridgehead atoms. The summed E-state index contributed by atoms with van der Waals surface area (Å²) in [6.45, 7) is 4.18.